The van der Waals surface area contributed by atoms with E-state index in [1.54, 1.807) is 7.11 Å². The molecule has 0 saturated heterocycles. The minimum atomic E-state index is -0.00823. The quantitative estimate of drug-likeness (QED) is 0.829. The molecular weight excluding hydrogens is 260 g/mol. The van der Waals surface area contributed by atoms with E-state index >= 15 is 0 Å². The number of Topliss-reactive ketones (excluding diaryl/α,β-unsaturated/α-hetero) is 1. The third-order valence-electron chi connectivity index (χ3n) is 3.77. The fraction of sp³-hybridized carbons (Fsp3) is 0.643. The van der Waals surface area contributed by atoms with Crippen LogP contribution in [0.3, 0.4) is 0 Å². The van der Waals surface area contributed by atoms with Gasteiger partial charge in [0, 0.05) is 13.0 Å². The Hall–Kier alpha value is -1.23. The summed E-state index contributed by atoms with van der Waals surface area (Å²) in [5.41, 5.74) is 6.43. The molecule has 3 N–H and O–H groups in total. The molecule has 1 aliphatic carbocycles. The third-order valence-corrected chi connectivity index (χ3v) is 4.99. The van der Waals surface area contributed by atoms with Crippen molar-refractivity contribution in [3.63, 3.8) is 0 Å². The Balaban J connectivity index is 2.15. The van der Waals surface area contributed by atoms with Gasteiger partial charge in [-0.15, -0.1) is 11.3 Å². The molecule has 0 spiro atoms. The van der Waals surface area contributed by atoms with E-state index in [0.29, 0.717) is 22.4 Å². The Morgan fingerprint density at radius 3 is 2.53 bits per heavy atom. The molecule has 5 heteroatoms. The lowest BCUT2D eigenvalue weighted by Gasteiger charge is -2.27. The van der Waals surface area contributed by atoms with Crippen molar-refractivity contribution < 1.29 is 9.53 Å². The van der Waals surface area contributed by atoms with Crippen molar-refractivity contribution >= 4 is 27.8 Å². The van der Waals surface area contributed by atoms with E-state index in [0.717, 1.165) is 23.8 Å². The van der Waals surface area contributed by atoms with Gasteiger partial charge in [0.15, 0.2) is 11.5 Å². The average molecular weight is 282 g/mol. The van der Waals surface area contributed by atoms with E-state index in [4.69, 9.17) is 10.5 Å². The predicted octanol–water partition coefficient (Wildman–Crippen LogP) is 3.53. The minimum Gasteiger partial charge on any atom is -0.492 e. The summed E-state index contributed by atoms with van der Waals surface area (Å²) in [5, 5.41) is 4.39. The van der Waals surface area contributed by atoms with Crippen LogP contribution in [0.5, 0.6) is 5.75 Å². The second-order valence-electron chi connectivity index (χ2n) is 5.36. The fourth-order valence-corrected chi connectivity index (χ4v) is 3.64. The van der Waals surface area contributed by atoms with Crippen LogP contribution in [0.2, 0.25) is 0 Å². The second kappa shape index (κ2) is 5.82. The molecular formula is C14H22N2O2S. The summed E-state index contributed by atoms with van der Waals surface area (Å²) in [5.74, 6) is 1.43. The molecule has 0 atom stereocenters. The summed E-state index contributed by atoms with van der Waals surface area (Å²) >= 11 is 1.40. The molecule has 0 unspecified atom stereocenters. The number of carbonyl (C=O) groups is 1. The number of hydrogen-bond donors (Lipinski definition) is 2. The van der Waals surface area contributed by atoms with Crippen molar-refractivity contribution in [2.24, 2.45) is 5.92 Å². The Kier molecular flexibility index (Phi) is 4.34. The van der Waals surface area contributed by atoms with E-state index in [-0.39, 0.29) is 5.78 Å². The van der Waals surface area contributed by atoms with Crippen molar-refractivity contribution in [1.29, 1.82) is 0 Å². The van der Waals surface area contributed by atoms with Gasteiger partial charge in [-0.3, -0.25) is 4.79 Å². The van der Waals surface area contributed by atoms with Crippen LogP contribution < -0.4 is 15.8 Å². The number of hydrogen-bond acceptors (Lipinski definition) is 5. The first-order valence-corrected chi connectivity index (χ1v) is 7.58. The van der Waals surface area contributed by atoms with E-state index in [2.05, 4.69) is 12.2 Å². The Labute approximate surface area is 118 Å². The first-order chi connectivity index (χ1) is 9.02. The number of carbonyl (C=O) groups excluding carboxylic acids is 1. The topological polar surface area (TPSA) is 64.3 Å². The zero-order valence-electron chi connectivity index (χ0n) is 11.8. The van der Waals surface area contributed by atoms with Crippen molar-refractivity contribution in [3.8, 4) is 5.75 Å². The number of thiophene rings is 1. The van der Waals surface area contributed by atoms with Gasteiger partial charge in [0.1, 0.15) is 5.00 Å². The first-order valence-electron chi connectivity index (χ1n) is 6.76. The summed E-state index contributed by atoms with van der Waals surface area (Å²) < 4.78 is 5.34. The summed E-state index contributed by atoms with van der Waals surface area (Å²) in [4.78, 5) is 12.1. The van der Waals surface area contributed by atoms with Gasteiger partial charge in [0.25, 0.3) is 0 Å². The lowest BCUT2D eigenvalue weighted by Crippen LogP contribution is -2.24. The molecule has 0 aromatic carbocycles. The molecule has 1 aromatic rings. The van der Waals surface area contributed by atoms with Gasteiger partial charge in [-0.05, 0) is 31.6 Å². The second-order valence-corrected chi connectivity index (χ2v) is 6.39. The molecule has 1 fully saturated rings. The lowest BCUT2D eigenvalue weighted by atomic mass is 9.87. The molecule has 1 aromatic heterocycles. The third kappa shape index (κ3) is 3.03. The molecule has 1 heterocycles. The highest BCUT2D eigenvalue weighted by Crippen LogP contribution is 2.43. The van der Waals surface area contributed by atoms with Crippen LogP contribution in [0.4, 0.5) is 10.7 Å². The summed E-state index contributed by atoms with van der Waals surface area (Å²) in [7, 11) is 1.59. The summed E-state index contributed by atoms with van der Waals surface area (Å²) in [6, 6.07) is 0.461. The van der Waals surface area contributed by atoms with E-state index in [1.807, 2.05) is 0 Å². The van der Waals surface area contributed by atoms with Crippen LogP contribution in [0, 0.1) is 5.92 Å². The number of methoxy groups -OCH3 is 1. The van der Waals surface area contributed by atoms with Crippen LogP contribution in [0.25, 0.3) is 0 Å². The Morgan fingerprint density at radius 1 is 1.37 bits per heavy atom. The smallest absolute Gasteiger partial charge is 0.176 e. The number of nitrogen functional groups attached to an aromatic ring is 1. The number of nitrogens with two attached hydrogens (primary N) is 1. The van der Waals surface area contributed by atoms with E-state index < -0.39 is 0 Å². The van der Waals surface area contributed by atoms with Gasteiger partial charge in [-0.1, -0.05) is 6.92 Å². The molecule has 2 rings (SSSR count). The maximum atomic E-state index is 11.5. The molecule has 0 radical (unpaired) electrons. The van der Waals surface area contributed by atoms with Crippen molar-refractivity contribution in [1.82, 2.24) is 0 Å². The number of rotatable bonds is 4. The van der Waals surface area contributed by atoms with Gasteiger partial charge in [0.05, 0.1) is 17.7 Å². The number of ketones is 1. The van der Waals surface area contributed by atoms with Crippen LogP contribution in [0.1, 0.15) is 49.2 Å². The van der Waals surface area contributed by atoms with Gasteiger partial charge in [-0.2, -0.15) is 0 Å². The molecule has 0 bridgehead atoms. The Morgan fingerprint density at radius 2 is 2.00 bits per heavy atom. The molecule has 1 saturated carbocycles. The Bertz CT molecular complexity index is 462. The maximum Gasteiger partial charge on any atom is 0.176 e. The molecule has 0 amide bonds. The van der Waals surface area contributed by atoms with Crippen molar-refractivity contribution in [3.05, 3.63) is 4.88 Å². The highest BCUT2D eigenvalue weighted by atomic mass is 32.1. The average Bonchev–Trinajstić information content (AvgIpc) is 2.68. The predicted molar refractivity (Wildman–Crippen MR) is 80.3 cm³/mol. The zero-order chi connectivity index (χ0) is 14.0. The number of anilines is 2. The summed E-state index contributed by atoms with van der Waals surface area (Å²) in [6.45, 7) is 3.83. The highest BCUT2D eigenvalue weighted by molar-refractivity contribution is 7.19. The standard InChI is InChI=1S/C14H22N2O2S/c1-8-4-6-10(7-5-8)16-14-12(18-3)11(15)13(19-14)9(2)17/h8,10,16H,4-7,15H2,1-3H3. The molecule has 19 heavy (non-hydrogen) atoms. The minimum absolute atomic E-state index is 0.00823. The van der Waals surface area contributed by atoms with E-state index in [9.17, 15) is 4.79 Å². The molecule has 4 nitrogen and oxygen atoms in total. The van der Waals surface area contributed by atoms with E-state index in [1.165, 1.54) is 31.1 Å². The highest BCUT2D eigenvalue weighted by Gasteiger charge is 2.23. The SMILES string of the molecule is COc1c(NC2CCC(C)CC2)sc(C(C)=O)c1N. The molecule has 0 aliphatic heterocycles. The normalized spacial score (nSPS) is 23.1. The number of nitrogens with one attached hydrogen (secondary N) is 1. The van der Waals surface area contributed by atoms with Gasteiger partial charge >= 0.3 is 0 Å². The first kappa shape index (κ1) is 14.2. The largest absolute Gasteiger partial charge is 0.492 e. The van der Waals surface area contributed by atoms with Crippen LogP contribution in [-0.4, -0.2) is 18.9 Å². The summed E-state index contributed by atoms with van der Waals surface area (Å²) in [6.07, 6.45) is 4.83. The fourth-order valence-electron chi connectivity index (χ4n) is 2.58. The number of ether oxygens (including phenoxy) is 1. The zero-order valence-corrected chi connectivity index (χ0v) is 12.6. The molecule has 1 aliphatic rings. The van der Waals surface area contributed by atoms with Crippen molar-refractivity contribution in [2.75, 3.05) is 18.2 Å². The van der Waals surface area contributed by atoms with Crippen molar-refractivity contribution in [2.45, 2.75) is 45.6 Å². The van der Waals surface area contributed by atoms with Gasteiger partial charge in [-0.25, -0.2) is 0 Å². The van der Waals surface area contributed by atoms with Crippen LogP contribution >= 0.6 is 11.3 Å². The molecule has 106 valence electrons. The van der Waals surface area contributed by atoms with Crippen LogP contribution in [-0.2, 0) is 0 Å². The lowest BCUT2D eigenvalue weighted by molar-refractivity contribution is 0.102. The monoisotopic (exact) mass is 282 g/mol. The van der Waals surface area contributed by atoms with Gasteiger partial charge in [0.2, 0.25) is 0 Å². The van der Waals surface area contributed by atoms with Gasteiger partial charge < -0.3 is 15.8 Å². The van der Waals surface area contributed by atoms with Crippen LogP contribution in [0.15, 0.2) is 0 Å². The maximum absolute atomic E-state index is 11.5.